The van der Waals surface area contributed by atoms with Crippen LogP contribution in [0.3, 0.4) is 0 Å². The van der Waals surface area contributed by atoms with Gasteiger partial charge >= 0.3 is 5.97 Å². The van der Waals surface area contributed by atoms with E-state index < -0.39 is 23.5 Å². The Bertz CT molecular complexity index is 420. The molecule has 0 aliphatic rings. The number of esters is 1. The zero-order chi connectivity index (χ0) is 14.5. The lowest BCUT2D eigenvalue weighted by Gasteiger charge is -2.24. The third-order valence-electron chi connectivity index (χ3n) is 2.24. The lowest BCUT2D eigenvalue weighted by atomic mass is 10.1. The predicted octanol–water partition coefficient (Wildman–Crippen LogP) is 1.91. The Balaban J connectivity index is 2.67. The van der Waals surface area contributed by atoms with E-state index in [-0.39, 0.29) is 5.69 Å². The van der Waals surface area contributed by atoms with Crippen molar-refractivity contribution in [3.63, 3.8) is 0 Å². The fraction of sp³-hybridized carbons (Fsp3) is 0.615. The quantitative estimate of drug-likeness (QED) is 0.825. The molecule has 6 heteroatoms. The molecule has 0 saturated carbocycles. The summed E-state index contributed by atoms with van der Waals surface area (Å²) in [5.74, 6) is -0.885. The maximum atomic E-state index is 12.0. The zero-order valence-corrected chi connectivity index (χ0v) is 11.7. The fourth-order valence-electron chi connectivity index (χ4n) is 1.47. The van der Waals surface area contributed by atoms with Crippen LogP contribution >= 0.6 is 0 Å². The highest BCUT2D eigenvalue weighted by Crippen LogP contribution is 2.11. The van der Waals surface area contributed by atoms with Crippen LogP contribution < -0.4 is 5.32 Å². The Labute approximate surface area is 112 Å². The summed E-state index contributed by atoms with van der Waals surface area (Å²) in [6.07, 6.45) is 2.57. The maximum Gasteiger partial charge on any atom is 0.329 e. The molecule has 0 spiro atoms. The molecule has 1 rings (SSSR count). The monoisotopic (exact) mass is 268 g/mol. The maximum absolute atomic E-state index is 12.0. The number of carbonyl (C=O) groups is 2. The van der Waals surface area contributed by atoms with Gasteiger partial charge in [0, 0.05) is 6.07 Å². The molecule has 106 valence electrons. The lowest BCUT2D eigenvalue weighted by molar-refractivity contribution is -0.157. The minimum Gasteiger partial charge on any atom is -0.458 e. The number of nitrogens with zero attached hydrogens (tertiary/aromatic N) is 1. The Morgan fingerprint density at radius 1 is 1.47 bits per heavy atom. The number of hydrogen-bond donors (Lipinski definition) is 1. The molecule has 6 nitrogen and oxygen atoms in total. The van der Waals surface area contributed by atoms with Gasteiger partial charge in [0.05, 0.1) is 0 Å². The van der Waals surface area contributed by atoms with Gasteiger partial charge in [0.15, 0.2) is 5.69 Å². The normalized spacial score (nSPS) is 12.8. The molecule has 0 saturated heterocycles. The summed E-state index contributed by atoms with van der Waals surface area (Å²) in [6.45, 7) is 7.29. The molecular formula is C13H20N2O4. The largest absolute Gasteiger partial charge is 0.458 e. The fourth-order valence-corrected chi connectivity index (χ4v) is 1.47. The Morgan fingerprint density at radius 2 is 2.16 bits per heavy atom. The number of carbonyl (C=O) groups excluding carboxylic acids is 2. The topological polar surface area (TPSA) is 81.4 Å². The van der Waals surface area contributed by atoms with E-state index in [1.165, 1.54) is 12.3 Å². The van der Waals surface area contributed by atoms with Gasteiger partial charge in [-0.3, -0.25) is 4.79 Å². The molecule has 19 heavy (non-hydrogen) atoms. The van der Waals surface area contributed by atoms with Crippen molar-refractivity contribution < 1.29 is 18.8 Å². The van der Waals surface area contributed by atoms with Gasteiger partial charge < -0.3 is 14.6 Å². The third kappa shape index (κ3) is 5.11. The van der Waals surface area contributed by atoms with E-state index in [0.717, 1.165) is 6.42 Å². The summed E-state index contributed by atoms with van der Waals surface area (Å²) >= 11 is 0. The molecule has 0 unspecified atom stereocenters. The Morgan fingerprint density at radius 3 is 2.63 bits per heavy atom. The van der Waals surface area contributed by atoms with E-state index >= 15 is 0 Å². The second kappa shape index (κ2) is 6.36. The highest BCUT2D eigenvalue weighted by atomic mass is 16.6. The van der Waals surface area contributed by atoms with Gasteiger partial charge in [-0.15, -0.1) is 0 Å². The van der Waals surface area contributed by atoms with Gasteiger partial charge in [0.2, 0.25) is 0 Å². The smallest absolute Gasteiger partial charge is 0.329 e. The SMILES string of the molecule is CCC[C@H](NC(=O)c1ccon1)C(=O)OC(C)(C)C. The van der Waals surface area contributed by atoms with Crippen molar-refractivity contribution in [2.24, 2.45) is 0 Å². The molecule has 0 aliphatic heterocycles. The van der Waals surface area contributed by atoms with Gasteiger partial charge in [-0.05, 0) is 27.2 Å². The van der Waals surface area contributed by atoms with Gasteiger partial charge in [0.25, 0.3) is 5.91 Å². The molecule has 0 aliphatic carbocycles. The lowest BCUT2D eigenvalue weighted by Crippen LogP contribution is -2.44. The summed E-state index contributed by atoms with van der Waals surface area (Å²) in [5, 5.41) is 6.13. The molecule has 1 N–H and O–H groups in total. The molecular weight excluding hydrogens is 248 g/mol. The first-order valence-corrected chi connectivity index (χ1v) is 6.27. The van der Waals surface area contributed by atoms with Gasteiger partial charge in [-0.2, -0.15) is 0 Å². The second-order valence-electron chi connectivity index (χ2n) is 5.23. The number of ether oxygens (including phenoxy) is 1. The number of hydrogen-bond acceptors (Lipinski definition) is 5. The molecule has 0 radical (unpaired) electrons. The first kappa shape index (κ1) is 15.2. The first-order valence-electron chi connectivity index (χ1n) is 6.27. The van der Waals surface area contributed by atoms with Crippen LogP contribution in [0, 0.1) is 0 Å². The Kier molecular flexibility index (Phi) is 5.09. The third-order valence-corrected chi connectivity index (χ3v) is 2.24. The minimum absolute atomic E-state index is 0.143. The number of rotatable bonds is 5. The summed E-state index contributed by atoms with van der Waals surface area (Å²) in [6, 6.07) is 0.765. The van der Waals surface area contributed by atoms with Crippen LogP contribution in [0.4, 0.5) is 0 Å². The van der Waals surface area contributed by atoms with Gasteiger partial charge in [-0.25, -0.2) is 4.79 Å². The summed E-state index contributed by atoms with van der Waals surface area (Å²) < 4.78 is 9.86. The van der Waals surface area contributed by atoms with Gasteiger partial charge in [-0.1, -0.05) is 18.5 Å². The van der Waals surface area contributed by atoms with Gasteiger partial charge in [0.1, 0.15) is 17.9 Å². The predicted molar refractivity (Wildman–Crippen MR) is 68.5 cm³/mol. The molecule has 1 atom stereocenters. The van der Waals surface area contributed by atoms with E-state index in [1.54, 1.807) is 20.8 Å². The van der Waals surface area contributed by atoms with E-state index in [1.807, 2.05) is 6.92 Å². The van der Waals surface area contributed by atoms with Crippen molar-refractivity contribution in [2.75, 3.05) is 0 Å². The van der Waals surface area contributed by atoms with E-state index in [9.17, 15) is 9.59 Å². The molecule has 0 bridgehead atoms. The van der Waals surface area contributed by atoms with Crippen LogP contribution in [-0.4, -0.2) is 28.7 Å². The van der Waals surface area contributed by atoms with Crippen molar-refractivity contribution >= 4 is 11.9 Å². The summed E-state index contributed by atoms with van der Waals surface area (Å²) in [5.41, 5.74) is -0.438. The Hall–Kier alpha value is -1.85. The molecule has 1 aromatic heterocycles. The highest BCUT2D eigenvalue weighted by Gasteiger charge is 2.26. The average Bonchev–Trinajstić information content (AvgIpc) is 2.79. The zero-order valence-electron chi connectivity index (χ0n) is 11.7. The number of aromatic nitrogens is 1. The second-order valence-corrected chi connectivity index (χ2v) is 5.23. The molecule has 0 fully saturated rings. The number of amides is 1. The highest BCUT2D eigenvalue weighted by molar-refractivity contribution is 5.95. The molecule has 0 aromatic carbocycles. The van der Waals surface area contributed by atoms with E-state index in [2.05, 4.69) is 15.0 Å². The molecule has 1 amide bonds. The van der Waals surface area contributed by atoms with Crippen molar-refractivity contribution in [2.45, 2.75) is 52.2 Å². The average molecular weight is 268 g/mol. The van der Waals surface area contributed by atoms with E-state index in [0.29, 0.717) is 6.42 Å². The van der Waals surface area contributed by atoms with Crippen molar-refractivity contribution in [3.8, 4) is 0 Å². The number of nitrogens with one attached hydrogen (secondary N) is 1. The van der Waals surface area contributed by atoms with Crippen LogP contribution in [0.1, 0.15) is 51.0 Å². The van der Waals surface area contributed by atoms with Crippen LogP contribution in [0.2, 0.25) is 0 Å². The van der Waals surface area contributed by atoms with Crippen LogP contribution in [0.25, 0.3) is 0 Å². The van der Waals surface area contributed by atoms with Crippen LogP contribution in [0.15, 0.2) is 16.9 Å². The van der Waals surface area contributed by atoms with Crippen molar-refractivity contribution in [1.29, 1.82) is 0 Å². The van der Waals surface area contributed by atoms with Crippen molar-refractivity contribution in [3.05, 3.63) is 18.0 Å². The van der Waals surface area contributed by atoms with Crippen molar-refractivity contribution in [1.82, 2.24) is 10.5 Å². The van der Waals surface area contributed by atoms with Crippen LogP contribution in [-0.2, 0) is 9.53 Å². The molecule has 1 heterocycles. The minimum atomic E-state index is -0.673. The standard InChI is InChI=1S/C13H20N2O4/c1-5-6-10(12(17)19-13(2,3)4)14-11(16)9-7-8-18-15-9/h7-8,10H,5-6H2,1-4H3,(H,14,16)/t10-/m0/s1. The van der Waals surface area contributed by atoms with Crippen LogP contribution in [0.5, 0.6) is 0 Å². The van der Waals surface area contributed by atoms with E-state index in [4.69, 9.17) is 4.74 Å². The molecule has 1 aromatic rings. The summed E-state index contributed by atoms with van der Waals surface area (Å²) in [4.78, 5) is 23.8. The summed E-state index contributed by atoms with van der Waals surface area (Å²) in [7, 11) is 0. The first-order chi connectivity index (χ1) is 8.83.